The first-order chi connectivity index (χ1) is 13.2. The number of nitrogens with one attached hydrogen (secondary N) is 2. The Morgan fingerprint density at radius 2 is 1.67 bits per heavy atom. The lowest BCUT2D eigenvalue weighted by atomic mass is 10.1. The summed E-state index contributed by atoms with van der Waals surface area (Å²) in [6.45, 7) is 1.17. The molecule has 0 atom stereocenters. The molecule has 0 unspecified atom stereocenters. The molecule has 27 heavy (non-hydrogen) atoms. The van der Waals surface area contributed by atoms with Crippen LogP contribution in [-0.4, -0.2) is 29.5 Å². The summed E-state index contributed by atoms with van der Waals surface area (Å²) in [5.41, 5.74) is 2.71. The van der Waals surface area contributed by atoms with Gasteiger partial charge in [0.25, 0.3) is 5.91 Å². The van der Waals surface area contributed by atoms with Gasteiger partial charge in [0.15, 0.2) is 0 Å². The number of rotatable bonds is 8. The maximum Gasteiger partial charge on any atom is 0.254 e. The molecule has 3 aromatic rings. The molecule has 6 heteroatoms. The third kappa shape index (κ3) is 5.54. The lowest BCUT2D eigenvalue weighted by Crippen LogP contribution is -2.26. The fraction of sp³-hybridized carbons (Fsp3) is 0.190. The molecule has 2 aromatic carbocycles. The van der Waals surface area contributed by atoms with Gasteiger partial charge in [0.2, 0.25) is 5.95 Å². The molecule has 0 saturated heterocycles. The molecule has 1 amide bonds. The fourth-order valence-corrected chi connectivity index (χ4v) is 2.53. The van der Waals surface area contributed by atoms with E-state index in [9.17, 15) is 4.79 Å². The second-order valence-corrected chi connectivity index (χ2v) is 5.99. The van der Waals surface area contributed by atoms with Crippen molar-refractivity contribution in [1.82, 2.24) is 15.3 Å². The van der Waals surface area contributed by atoms with Gasteiger partial charge < -0.3 is 15.4 Å². The number of ether oxygens (including phenoxy) is 1. The Morgan fingerprint density at radius 1 is 0.963 bits per heavy atom. The van der Waals surface area contributed by atoms with Crippen LogP contribution in [0.4, 0.5) is 5.95 Å². The maximum absolute atomic E-state index is 12.2. The minimum Gasteiger partial charge on any atom is -0.497 e. The maximum atomic E-state index is 12.2. The van der Waals surface area contributed by atoms with Gasteiger partial charge in [-0.3, -0.25) is 4.79 Å². The summed E-state index contributed by atoms with van der Waals surface area (Å²) >= 11 is 0. The van der Waals surface area contributed by atoms with Gasteiger partial charge in [-0.25, -0.2) is 9.97 Å². The van der Waals surface area contributed by atoms with Crippen molar-refractivity contribution in [2.24, 2.45) is 0 Å². The zero-order chi connectivity index (χ0) is 18.9. The van der Waals surface area contributed by atoms with Crippen molar-refractivity contribution >= 4 is 11.9 Å². The Hall–Kier alpha value is -3.41. The fourth-order valence-electron chi connectivity index (χ4n) is 2.53. The van der Waals surface area contributed by atoms with Crippen LogP contribution in [0.1, 0.15) is 21.5 Å². The van der Waals surface area contributed by atoms with E-state index in [0.717, 1.165) is 23.3 Å². The molecule has 0 radical (unpaired) electrons. The van der Waals surface area contributed by atoms with Crippen molar-refractivity contribution < 1.29 is 9.53 Å². The third-order valence-electron chi connectivity index (χ3n) is 4.07. The number of nitrogens with zero attached hydrogens (tertiary/aromatic N) is 2. The van der Waals surface area contributed by atoms with E-state index in [0.29, 0.717) is 24.6 Å². The van der Waals surface area contributed by atoms with E-state index in [2.05, 4.69) is 20.6 Å². The molecule has 0 bridgehead atoms. The van der Waals surface area contributed by atoms with Crippen LogP contribution in [0.5, 0.6) is 5.75 Å². The Balaban J connectivity index is 1.45. The van der Waals surface area contributed by atoms with Crippen molar-refractivity contribution in [3.8, 4) is 5.75 Å². The SMILES string of the molecule is COc1ccc(CCNC(=O)c2cnc(NCc3ccccc3)nc2)cc1. The molecule has 2 N–H and O–H groups in total. The summed E-state index contributed by atoms with van der Waals surface area (Å²) in [6, 6.07) is 17.8. The average molecular weight is 362 g/mol. The van der Waals surface area contributed by atoms with Gasteiger partial charge in [0.1, 0.15) is 5.75 Å². The molecular formula is C21H22N4O2. The quantitative estimate of drug-likeness (QED) is 0.644. The van der Waals surface area contributed by atoms with Gasteiger partial charge in [0, 0.05) is 25.5 Å². The van der Waals surface area contributed by atoms with E-state index in [-0.39, 0.29) is 5.91 Å². The molecular weight excluding hydrogens is 340 g/mol. The molecule has 6 nitrogen and oxygen atoms in total. The van der Waals surface area contributed by atoms with Gasteiger partial charge in [-0.1, -0.05) is 42.5 Å². The first-order valence-electron chi connectivity index (χ1n) is 8.75. The predicted molar refractivity (Wildman–Crippen MR) is 105 cm³/mol. The highest BCUT2D eigenvalue weighted by Crippen LogP contribution is 2.11. The average Bonchev–Trinajstić information content (AvgIpc) is 2.74. The zero-order valence-corrected chi connectivity index (χ0v) is 15.2. The second kappa shape index (κ2) is 9.33. The summed E-state index contributed by atoms with van der Waals surface area (Å²) in [5, 5.41) is 6.02. The predicted octanol–water partition coefficient (Wildman–Crippen LogP) is 3.07. The standard InChI is InChI=1S/C21H22N4O2/c1-27-19-9-7-16(8-10-19)11-12-22-20(26)18-14-24-21(25-15-18)23-13-17-5-3-2-4-6-17/h2-10,14-15H,11-13H2,1H3,(H,22,26)(H,23,24,25). The topological polar surface area (TPSA) is 76.1 Å². The van der Waals surface area contributed by atoms with Crippen LogP contribution >= 0.6 is 0 Å². The Bertz CT molecular complexity index is 850. The summed E-state index contributed by atoms with van der Waals surface area (Å²) in [7, 11) is 1.64. The van der Waals surface area contributed by atoms with E-state index in [1.54, 1.807) is 7.11 Å². The molecule has 0 fully saturated rings. The zero-order valence-electron chi connectivity index (χ0n) is 15.2. The van der Waals surface area contributed by atoms with Crippen LogP contribution in [-0.2, 0) is 13.0 Å². The molecule has 1 heterocycles. The van der Waals surface area contributed by atoms with Gasteiger partial charge in [-0.2, -0.15) is 0 Å². The normalized spacial score (nSPS) is 10.3. The largest absolute Gasteiger partial charge is 0.497 e. The number of hydrogen-bond acceptors (Lipinski definition) is 5. The van der Waals surface area contributed by atoms with Crippen LogP contribution in [0, 0.1) is 0 Å². The van der Waals surface area contributed by atoms with Gasteiger partial charge in [0.05, 0.1) is 12.7 Å². The second-order valence-electron chi connectivity index (χ2n) is 5.99. The number of hydrogen-bond donors (Lipinski definition) is 2. The molecule has 0 saturated carbocycles. The Labute approximate surface area is 158 Å². The summed E-state index contributed by atoms with van der Waals surface area (Å²) in [6.07, 6.45) is 3.80. The lowest BCUT2D eigenvalue weighted by Gasteiger charge is -2.07. The molecule has 138 valence electrons. The number of carbonyl (C=O) groups is 1. The molecule has 0 aliphatic rings. The Morgan fingerprint density at radius 3 is 2.33 bits per heavy atom. The highest BCUT2D eigenvalue weighted by Gasteiger charge is 2.07. The summed E-state index contributed by atoms with van der Waals surface area (Å²) in [5.74, 6) is 1.13. The van der Waals surface area contributed by atoms with Crippen molar-refractivity contribution in [1.29, 1.82) is 0 Å². The van der Waals surface area contributed by atoms with Crippen LogP contribution in [0.15, 0.2) is 67.0 Å². The number of amides is 1. The highest BCUT2D eigenvalue weighted by molar-refractivity contribution is 5.93. The summed E-state index contributed by atoms with van der Waals surface area (Å²) < 4.78 is 5.13. The van der Waals surface area contributed by atoms with Gasteiger partial charge in [-0.05, 0) is 29.7 Å². The first-order valence-corrected chi connectivity index (χ1v) is 8.75. The van der Waals surface area contributed by atoms with Crippen LogP contribution in [0.25, 0.3) is 0 Å². The number of methoxy groups -OCH3 is 1. The van der Waals surface area contributed by atoms with Crippen molar-refractivity contribution in [2.75, 3.05) is 19.0 Å². The van der Waals surface area contributed by atoms with E-state index in [1.165, 1.54) is 12.4 Å². The van der Waals surface area contributed by atoms with E-state index < -0.39 is 0 Å². The van der Waals surface area contributed by atoms with Crippen LogP contribution in [0.3, 0.4) is 0 Å². The third-order valence-corrected chi connectivity index (χ3v) is 4.07. The van der Waals surface area contributed by atoms with Crippen molar-refractivity contribution in [2.45, 2.75) is 13.0 Å². The van der Waals surface area contributed by atoms with Gasteiger partial charge >= 0.3 is 0 Å². The minimum absolute atomic E-state index is 0.182. The minimum atomic E-state index is -0.182. The monoisotopic (exact) mass is 362 g/mol. The number of benzene rings is 2. The Kier molecular flexibility index (Phi) is 6.35. The molecule has 0 spiro atoms. The lowest BCUT2D eigenvalue weighted by molar-refractivity contribution is 0.0953. The van der Waals surface area contributed by atoms with Crippen LogP contribution < -0.4 is 15.4 Å². The van der Waals surface area contributed by atoms with Crippen molar-refractivity contribution in [3.63, 3.8) is 0 Å². The highest BCUT2D eigenvalue weighted by atomic mass is 16.5. The van der Waals surface area contributed by atoms with E-state index in [1.807, 2.05) is 54.6 Å². The molecule has 0 aliphatic carbocycles. The van der Waals surface area contributed by atoms with E-state index >= 15 is 0 Å². The smallest absolute Gasteiger partial charge is 0.254 e. The van der Waals surface area contributed by atoms with Crippen molar-refractivity contribution in [3.05, 3.63) is 83.7 Å². The molecule has 3 rings (SSSR count). The summed E-state index contributed by atoms with van der Waals surface area (Å²) in [4.78, 5) is 20.6. The van der Waals surface area contributed by atoms with Crippen LogP contribution in [0.2, 0.25) is 0 Å². The van der Waals surface area contributed by atoms with E-state index in [4.69, 9.17) is 4.74 Å². The molecule has 0 aliphatic heterocycles. The number of aromatic nitrogens is 2. The van der Waals surface area contributed by atoms with Gasteiger partial charge in [-0.15, -0.1) is 0 Å². The number of carbonyl (C=O) groups excluding carboxylic acids is 1. The number of anilines is 1. The first kappa shape index (κ1) is 18.4. The molecule has 1 aromatic heterocycles.